The number of nitrogens with zero attached hydrogens (tertiary/aromatic N) is 2. The van der Waals surface area contributed by atoms with E-state index >= 15 is 0 Å². The Morgan fingerprint density at radius 3 is 2.65 bits per heavy atom. The van der Waals surface area contributed by atoms with Gasteiger partial charge in [0.15, 0.2) is 5.96 Å². The van der Waals surface area contributed by atoms with Crippen LogP contribution in [0.1, 0.15) is 27.2 Å². The Morgan fingerprint density at radius 1 is 1.31 bits per heavy atom. The molecule has 1 aliphatic rings. The van der Waals surface area contributed by atoms with E-state index in [0.717, 1.165) is 43.5 Å². The van der Waals surface area contributed by atoms with Crippen molar-refractivity contribution >= 4 is 11.6 Å². The fraction of sp³-hybridized carbons (Fsp3) is 0.650. The van der Waals surface area contributed by atoms with Crippen LogP contribution in [0.2, 0.25) is 0 Å². The molecule has 146 valence electrons. The third-order valence-electron chi connectivity index (χ3n) is 4.88. The first kappa shape index (κ1) is 20.4. The molecule has 2 N–H and O–H groups in total. The molecule has 6 heteroatoms. The minimum Gasteiger partial charge on any atom is -0.495 e. The highest BCUT2D eigenvalue weighted by atomic mass is 16.5. The largest absolute Gasteiger partial charge is 0.495 e. The van der Waals surface area contributed by atoms with Crippen molar-refractivity contribution < 1.29 is 9.47 Å². The lowest BCUT2D eigenvalue weighted by Crippen LogP contribution is -2.48. The van der Waals surface area contributed by atoms with E-state index in [4.69, 9.17) is 9.47 Å². The summed E-state index contributed by atoms with van der Waals surface area (Å²) in [5.74, 6) is 1.74. The Bertz CT molecular complexity index is 598. The molecule has 0 aromatic heterocycles. The zero-order valence-corrected chi connectivity index (χ0v) is 17.0. The van der Waals surface area contributed by atoms with Gasteiger partial charge >= 0.3 is 0 Å². The predicted molar refractivity (Wildman–Crippen MR) is 108 cm³/mol. The van der Waals surface area contributed by atoms with Crippen molar-refractivity contribution in [3.05, 3.63) is 24.3 Å². The standard InChI is InChI=1S/C20H34N4O2/c1-20(2,3)18(26-6)13-22-19(21-4)23-15-11-12-24(14-15)16-9-7-8-10-17(16)25-5/h7-10,15,18H,11-14H2,1-6H3,(H2,21,22,23). The van der Waals surface area contributed by atoms with Gasteiger partial charge in [-0.15, -0.1) is 0 Å². The van der Waals surface area contributed by atoms with E-state index in [9.17, 15) is 0 Å². The van der Waals surface area contributed by atoms with E-state index in [1.54, 1.807) is 21.3 Å². The van der Waals surface area contributed by atoms with E-state index in [-0.39, 0.29) is 11.5 Å². The number of nitrogens with one attached hydrogen (secondary N) is 2. The van der Waals surface area contributed by atoms with Gasteiger partial charge in [0.1, 0.15) is 5.75 Å². The van der Waals surface area contributed by atoms with Crippen LogP contribution in [-0.4, -0.2) is 59.0 Å². The van der Waals surface area contributed by atoms with Crippen molar-refractivity contribution in [3.63, 3.8) is 0 Å². The highest BCUT2D eigenvalue weighted by Crippen LogP contribution is 2.30. The molecule has 0 radical (unpaired) electrons. The van der Waals surface area contributed by atoms with Crippen LogP contribution in [0.25, 0.3) is 0 Å². The molecule has 6 nitrogen and oxygen atoms in total. The smallest absolute Gasteiger partial charge is 0.191 e. The number of rotatable bonds is 6. The van der Waals surface area contributed by atoms with Crippen molar-refractivity contribution in [2.24, 2.45) is 10.4 Å². The molecule has 1 aromatic carbocycles. The van der Waals surface area contributed by atoms with Gasteiger partial charge in [-0.1, -0.05) is 32.9 Å². The molecule has 0 amide bonds. The number of ether oxygens (including phenoxy) is 2. The summed E-state index contributed by atoms with van der Waals surface area (Å²) >= 11 is 0. The average Bonchev–Trinajstić information content (AvgIpc) is 3.08. The number of hydrogen-bond donors (Lipinski definition) is 2. The van der Waals surface area contributed by atoms with E-state index in [1.165, 1.54) is 0 Å². The summed E-state index contributed by atoms with van der Waals surface area (Å²) in [6.07, 6.45) is 1.18. The maximum Gasteiger partial charge on any atom is 0.191 e. The van der Waals surface area contributed by atoms with Crippen molar-refractivity contribution in [1.29, 1.82) is 0 Å². The van der Waals surface area contributed by atoms with E-state index in [1.807, 2.05) is 12.1 Å². The predicted octanol–water partition coefficient (Wildman–Crippen LogP) is 2.50. The number of hydrogen-bond acceptors (Lipinski definition) is 4. The second kappa shape index (κ2) is 9.12. The van der Waals surface area contributed by atoms with Gasteiger partial charge in [0.05, 0.1) is 18.9 Å². The number of guanidine groups is 1. The lowest BCUT2D eigenvalue weighted by atomic mass is 9.89. The Balaban J connectivity index is 1.90. The molecule has 0 bridgehead atoms. The van der Waals surface area contributed by atoms with Crippen LogP contribution in [0, 0.1) is 5.41 Å². The zero-order valence-electron chi connectivity index (χ0n) is 17.0. The van der Waals surface area contributed by atoms with Gasteiger partial charge < -0.3 is 25.0 Å². The van der Waals surface area contributed by atoms with Crippen LogP contribution in [0.15, 0.2) is 29.3 Å². The summed E-state index contributed by atoms with van der Waals surface area (Å²) in [7, 11) is 5.29. The lowest BCUT2D eigenvalue weighted by molar-refractivity contribution is 0.0205. The second-order valence-corrected chi connectivity index (χ2v) is 7.79. The molecule has 0 saturated carbocycles. The van der Waals surface area contributed by atoms with E-state index in [0.29, 0.717) is 6.04 Å². The first-order valence-corrected chi connectivity index (χ1v) is 9.27. The van der Waals surface area contributed by atoms with Gasteiger partial charge in [0, 0.05) is 39.8 Å². The molecule has 2 atom stereocenters. The van der Waals surface area contributed by atoms with Crippen molar-refractivity contribution in [3.8, 4) is 5.75 Å². The Morgan fingerprint density at radius 2 is 2.04 bits per heavy atom. The third kappa shape index (κ3) is 5.27. The minimum atomic E-state index is 0.0780. The van der Waals surface area contributed by atoms with Gasteiger partial charge in [-0.2, -0.15) is 0 Å². The summed E-state index contributed by atoms with van der Waals surface area (Å²) < 4.78 is 11.1. The highest BCUT2D eigenvalue weighted by molar-refractivity contribution is 5.80. The minimum absolute atomic E-state index is 0.0780. The molecular formula is C20H34N4O2. The molecular weight excluding hydrogens is 328 g/mol. The first-order valence-electron chi connectivity index (χ1n) is 9.27. The van der Waals surface area contributed by atoms with E-state index in [2.05, 4.69) is 53.4 Å². The van der Waals surface area contributed by atoms with Crippen molar-refractivity contribution in [2.75, 3.05) is 45.8 Å². The fourth-order valence-electron chi connectivity index (χ4n) is 3.31. The molecule has 0 spiro atoms. The summed E-state index contributed by atoms with van der Waals surface area (Å²) in [6, 6.07) is 8.52. The zero-order chi connectivity index (χ0) is 19.2. The number of benzene rings is 1. The number of methoxy groups -OCH3 is 2. The summed E-state index contributed by atoms with van der Waals surface area (Å²) in [4.78, 5) is 6.73. The maximum absolute atomic E-state index is 5.61. The normalized spacial score (nSPS) is 19.4. The van der Waals surface area contributed by atoms with Gasteiger partial charge in [0.25, 0.3) is 0 Å². The monoisotopic (exact) mass is 362 g/mol. The fourth-order valence-corrected chi connectivity index (χ4v) is 3.31. The van der Waals surface area contributed by atoms with Crippen molar-refractivity contribution in [1.82, 2.24) is 10.6 Å². The molecule has 1 saturated heterocycles. The summed E-state index contributed by atoms with van der Waals surface area (Å²) in [6.45, 7) is 9.19. The lowest BCUT2D eigenvalue weighted by Gasteiger charge is -2.30. The number of anilines is 1. The molecule has 0 aliphatic carbocycles. The molecule has 1 aromatic rings. The van der Waals surface area contributed by atoms with Crippen LogP contribution in [0.4, 0.5) is 5.69 Å². The summed E-state index contributed by atoms with van der Waals surface area (Å²) in [5, 5.41) is 6.94. The third-order valence-corrected chi connectivity index (χ3v) is 4.88. The van der Waals surface area contributed by atoms with Crippen LogP contribution in [-0.2, 0) is 4.74 Å². The molecule has 1 fully saturated rings. The maximum atomic E-state index is 5.61. The molecule has 2 unspecified atom stereocenters. The molecule has 1 heterocycles. The summed E-state index contributed by atoms with van der Waals surface area (Å²) in [5.41, 5.74) is 1.23. The molecule has 1 aliphatic heterocycles. The van der Waals surface area contributed by atoms with Crippen LogP contribution in [0.3, 0.4) is 0 Å². The van der Waals surface area contributed by atoms with E-state index < -0.39 is 0 Å². The van der Waals surface area contributed by atoms with Crippen LogP contribution < -0.4 is 20.3 Å². The van der Waals surface area contributed by atoms with Crippen molar-refractivity contribution in [2.45, 2.75) is 39.3 Å². The number of para-hydroxylation sites is 2. The second-order valence-electron chi connectivity index (χ2n) is 7.79. The van der Waals surface area contributed by atoms with Crippen LogP contribution in [0.5, 0.6) is 5.75 Å². The SMILES string of the molecule is CN=C(NCC(OC)C(C)(C)C)NC1CCN(c2ccccc2OC)C1. The topological polar surface area (TPSA) is 58.1 Å². The van der Waals surface area contributed by atoms with Gasteiger partial charge in [0.2, 0.25) is 0 Å². The van der Waals surface area contributed by atoms with Gasteiger partial charge in [-0.3, -0.25) is 4.99 Å². The van der Waals surface area contributed by atoms with Gasteiger partial charge in [-0.05, 0) is 24.0 Å². The Kier molecular flexibility index (Phi) is 7.14. The molecule has 26 heavy (non-hydrogen) atoms. The highest BCUT2D eigenvalue weighted by Gasteiger charge is 2.27. The average molecular weight is 363 g/mol. The first-order chi connectivity index (χ1) is 12.4. The van der Waals surface area contributed by atoms with Crippen LogP contribution >= 0.6 is 0 Å². The van der Waals surface area contributed by atoms with Gasteiger partial charge in [-0.25, -0.2) is 0 Å². The Hall–Kier alpha value is -1.95. The Labute approximate surface area is 158 Å². The molecule has 2 rings (SSSR count). The quantitative estimate of drug-likeness (QED) is 0.601. The number of aliphatic imine (C=N–C) groups is 1.